The van der Waals surface area contributed by atoms with Gasteiger partial charge in [0.2, 0.25) is 0 Å². The zero-order chi connectivity index (χ0) is 21.8. The number of methoxy groups -OCH3 is 2. The number of nitrogens with one attached hydrogen (secondary N) is 3. The van der Waals surface area contributed by atoms with Gasteiger partial charge in [0.15, 0.2) is 0 Å². The van der Waals surface area contributed by atoms with Crippen molar-refractivity contribution in [2.24, 2.45) is 0 Å². The van der Waals surface area contributed by atoms with Gasteiger partial charge in [-0.05, 0) is 24.6 Å². The van der Waals surface area contributed by atoms with Gasteiger partial charge in [0.05, 0.1) is 36.4 Å². The second kappa shape index (κ2) is 8.52. The van der Waals surface area contributed by atoms with E-state index in [-0.39, 0.29) is 11.3 Å². The predicted octanol–water partition coefficient (Wildman–Crippen LogP) is 2.88. The van der Waals surface area contributed by atoms with Crippen molar-refractivity contribution in [3.63, 3.8) is 0 Å². The number of allylic oxidation sites excluding steroid dienone is 1. The smallest absolute Gasteiger partial charge is 0.319 e. The molecule has 1 atom stereocenters. The molecule has 1 aliphatic heterocycles. The van der Waals surface area contributed by atoms with Crippen molar-refractivity contribution in [2.75, 3.05) is 19.5 Å². The van der Waals surface area contributed by atoms with Crippen molar-refractivity contribution in [3.05, 3.63) is 69.4 Å². The molecule has 1 heterocycles. The number of anilines is 1. The summed E-state index contributed by atoms with van der Waals surface area (Å²) in [5, 5.41) is 19.1. The van der Waals surface area contributed by atoms with Crippen LogP contribution in [0.1, 0.15) is 18.5 Å². The Morgan fingerprint density at radius 1 is 1.17 bits per heavy atom. The molecular weight excluding hydrogens is 392 g/mol. The lowest BCUT2D eigenvalue weighted by Crippen LogP contribution is -2.46. The second-order valence-electron chi connectivity index (χ2n) is 6.44. The Morgan fingerprint density at radius 2 is 1.93 bits per heavy atom. The molecule has 10 heteroatoms. The maximum Gasteiger partial charge on any atom is 0.319 e. The standard InChI is InChI=1S/C20H20N4O6/c1-11-17(19(25)22-15-10-14(29-2)7-8-16(15)30-3)18(23-20(26)21-11)12-5-4-6-13(9-12)24(27)28/h4-10,18H,1-3H3,(H,22,25)(H2,21,23,26). The number of ether oxygens (including phenoxy) is 2. The van der Waals surface area contributed by atoms with Gasteiger partial charge in [-0.25, -0.2) is 4.79 Å². The zero-order valence-electron chi connectivity index (χ0n) is 16.5. The van der Waals surface area contributed by atoms with Crippen LogP contribution in [-0.4, -0.2) is 31.1 Å². The molecule has 0 fully saturated rings. The van der Waals surface area contributed by atoms with E-state index >= 15 is 0 Å². The number of benzene rings is 2. The van der Waals surface area contributed by atoms with Gasteiger partial charge in [0.1, 0.15) is 11.5 Å². The molecule has 0 aromatic heterocycles. The van der Waals surface area contributed by atoms with Gasteiger partial charge >= 0.3 is 6.03 Å². The van der Waals surface area contributed by atoms with Crippen molar-refractivity contribution < 1.29 is 24.0 Å². The van der Waals surface area contributed by atoms with Crippen LogP contribution in [0.2, 0.25) is 0 Å². The summed E-state index contributed by atoms with van der Waals surface area (Å²) in [6, 6.07) is 9.31. The van der Waals surface area contributed by atoms with E-state index in [0.717, 1.165) is 0 Å². The van der Waals surface area contributed by atoms with Crippen LogP contribution in [-0.2, 0) is 4.79 Å². The Balaban J connectivity index is 2.00. The molecule has 0 radical (unpaired) electrons. The second-order valence-corrected chi connectivity index (χ2v) is 6.44. The Labute approximate surface area is 172 Å². The highest BCUT2D eigenvalue weighted by Gasteiger charge is 2.32. The highest BCUT2D eigenvalue weighted by molar-refractivity contribution is 6.07. The number of urea groups is 1. The average molecular weight is 412 g/mol. The van der Waals surface area contributed by atoms with Crippen LogP contribution in [0.25, 0.3) is 0 Å². The lowest BCUT2D eigenvalue weighted by Gasteiger charge is -2.28. The lowest BCUT2D eigenvalue weighted by atomic mass is 9.94. The summed E-state index contributed by atoms with van der Waals surface area (Å²) < 4.78 is 10.5. The van der Waals surface area contributed by atoms with Crippen LogP contribution in [0.15, 0.2) is 53.7 Å². The predicted molar refractivity (Wildman–Crippen MR) is 108 cm³/mol. The number of amides is 3. The number of rotatable bonds is 6. The van der Waals surface area contributed by atoms with Crippen LogP contribution in [0.3, 0.4) is 0 Å². The minimum atomic E-state index is -0.879. The van der Waals surface area contributed by atoms with Gasteiger partial charge in [-0.15, -0.1) is 0 Å². The van der Waals surface area contributed by atoms with Gasteiger partial charge in [-0.1, -0.05) is 12.1 Å². The number of hydrogen-bond acceptors (Lipinski definition) is 6. The van der Waals surface area contributed by atoms with Gasteiger partial charge in [0.25, 0.3) is 11.6 Å². The monoisotopic (exact) mass is 412 g/mol. The summed E-state index contributed by atoms with van der Waals surface area (Å²) >= 11 is 0. The Hall–Kier alpha value is -4.08. The van der Waals surface area contributed by atoms with E-state index in [1.165, 1.54) is 32.4 Å². The average Bonchev–Trinajstić information content (AvgIpc) is 2.73. The number of hydrogen-bond donors (Lipinski definition) is 3. The summed E-state index contributed by atoms with van der Waals surface area (Å²) in [6.45, 7) is 1.58. The van der Waals surface area contributed by atoms with Gasteiger partial charge < -0.3 is 25.4 Å². The number of carbonyl (C=O) groups excluding carboxylic acids is 2. The van der Waals surface area contributed by atoms with E-state index in [1.807, 2.05) is 0 Å². The van der Waals surface area contributed by atoms with Crippen molar-refractivity contribution in [1.82, 2.24) is 10.6 Å². The van der Waals surface area contributed by atoms with Crippen molar-refractivity contribution >= 4 is 23.3 Å². The molecule has 0 aliphatic carbocycles. The summed E-state index contributed by atoms with van der Waals surface area (Å²) in [5.74, 6) is 0.423. The van der Waals surface area contributed by atoms with E-state index < -0.39 is 22.9 Å². The fourth-order valence-electron chi connectivity index (χ4n) is 3.16. The third-order valence-electron chi connectivity index (χ3n) is 4.58. The van der Waals surface area contributed by atoms with Crippen molar-refractivity contribution in [1.29, 1.82) is 0 Å². The summed E-state index contributed by atoms with van der Waals surface area (Å²) in [4.78, 5) is 35.8. The molecule has 0 saturated heterocycles. The van der Waals surface area contributed by atoms with Gasteiger partial charge in [0, 0.05) is 23.9 Å². The van der Waals surface area contributed by atoms with Crippen LogP contribution < -0.4 is 25.4 Å². The maximum atomic E-state index is 13.2. The highest BCUT2D eigenvalue weighted by atomic mass is 16.6. The van der Waals surface area contributed by atoms with Crippen LogP contribution >= 0.6 is 0 Å². The molecule has 10 nitrogen and oxygen atoms in total. The summed E-state index contributed by atoms with van der Waals surface area (Å²) in [5.41, 5.74) is 1.17. The van der Waals surface area contributed by atoms with Crippen molar-refractivity contribution in [3.8, 4) is 11.5 Å². The number of non-ortho nitro benzene ring substituents is 1. The molecular formula is C20H20N4O6. The fourth-order valence-corrected chi connectivity index (χ4v) is 3.16. The first-order chi connectivity index (χ1) is 14.3. The fraction of sp³-hybridized carbons (Fsp3) is 0.200. The topological polar surface area (TPSA) is 132 Å². The van der Waals surface area contributed by atoms with E-state index in [4.69, 9.17) is 9.47 Å². The first kappa shape index (κ1) is 20.6. The Kier molecular flexibility index (Phi) is 5.86. The molecule has 0 bridgehead atoms. The molecule has 1 unspecified atom stereocenters. The molecule has 3 N–H and O–H groups in total. The Bertz CT molecular complexity index is 1050. The molecule has 2 aromatic carbocycles. The minimum Gasteiger partial charge on any atom is -0.497 e. The minimum absolute atomic E-state index is 0.146. The first-order valence-electron chi connectivity index (χ1n) is 8.90. The van der Waals surface area contributed by atoms with E-state index in [2.05, 4.69) is 16.0 Å². The Morgan fingerprint density at radius 3 is 2.60 bits per heavy atom. The third-order valence-corrected chi connectivity index (χ3v) is 4.58. The van der Waals surface area contributed by atoms with Crippen LogP contribution in [0.5, 0.6) is 11.5 Å². The number of nitro benzene ring substituents is 1. The third kappa shape index (κ3) is 4.17. The molecule has 156 valence electrons. The van der Waals surface area contributed by atoms with Gasteiger partial charge in [-0.2, -0.15) is 0 Å². The van der Waals surface area contributed by atoms with E-state index in [1.54, 1.807) is 31.2 Å². The van der Waals surface area contributed by atoms with Crippen molar-refractivity contribution in [2.45, 2.75) is 13.0 Å². The molecule has 3 amide bonds. The molecule has 0 spiro atoms. The van der Waals surface area contributed by atoms with E-state index in [0.29, 0.717) is 28.4 Å². The molecule has 0 saturated carbocycles. The molecule has 3 rings (SSSR count). The largest absolute Gasteiger partial charge is 0.497 e. The molecule has 1 aliphatic rings. The maximum absolute atomic E-state index is 13.2. The zero-order valence-corrected chi connectivity index (χ0v) is 16.5. The quantitative estimate of drug-likeness (QED) is 0.494. The number of nitro groups is 1. The van der Waals surface area contributed by atoms with Gasteiger partial charge in [-0.3, -0.25) is 14.9 Å². The lowest BCUT2D eigenvalue weighted by molar-refractivity contribution is -0.384. The first-order valence-corrected chi connectivity index (χ1v) is 8.90. The highest BCUT2D eigenvalue weighted by Crippen LogP contribution is 2.33. The number of nitrogens with zero attached hydrogens (tertiary/aromatic N) is 1. The summed E-state index contributed by atoms with van der Waals surface area (Å²) in [6.07, 6.45) is 0. The van der Waals surface area contributed by atoms with E-state index in [9.17, 15) is 19.7 Å². The normalized spacial score (nSPS) is 15.7. The molecule has 2 aromatic rings. The number of carbonyl (C=O) groups is 2. The van der Waals surface area contributed by atoms with Crippen LogP contribution in [0.4, 0.5) is 16.2 Å². The summed E-state index contributed by atoms with van der Waals surface area (Å²) in [7, 11) is 2.97. The van der Waals surface area contributed by atoms with Crippen LogP contribution in [0, 0.1) is 10.1 Å². The molecule has 30 heavy (non-hydrogen) atoms. The SMILES string of the molecule is COc1ccc(OC)c(NC(=O)C2=C(C)NC(=O)NC2c2cccc([N+](=O)[O-])c2)c1.